The van der Waals surface area contributed by atoms with Gasteiger partial charge in [-0.1, -0.05) is 5.21 Å². The van der Waals surface area contributed by atoms with Gasteiger partial charge in [0, 0.05) is 16.7 Å². The summed E-state index contributed by atoms with van der Waals surface area (Å²) in [6, 6.07) is 8.14. The number of benzene rings is 2. The van der Waals surface area contributed by atoms with Crippen LogP contribution < -0.4 is 5.32 Å². The second-order valence-corrected chi connectivity index (χ2v) is 9.50. The average Bonchev–Trinajstić information content (AvgIpc) is 3.05. The van der Waals surface area contributed by atoms with Gasteiger partial charge in [-0.15, -0.1) is 5.10 Å². The molecule has 0 saturated carbocycles. The topological polar surface area (TPSA) is 86.5 Å². The number of nitrogens with zero attached hydrogens (tertiary/aromatic N) is 5. The number of halogens is 2. The average molecular weight is 538 g/mol. The first-order chi connectivity index (χ1) is 14.6. The molecular weight excluding hydrogens is 514 g/mol. The zero-order valence-corrected chi connectivity index (χ0v) is 19.9. The molecule has 1 aromatic heterocycles. The molecule has 1 amide bonds. The lowest BCUT2D eigenvalue weighted by molar-refractivity contribution is -0.120. The van der Waals surface area contributed by atoms with E-state index in [4.69, 9.17) is 0 Å². The highest BCUT2D eigenvalue weighted by atomic mass is 127. The van der Waals surface area contributed by atoms with Crippen LogP contribution in [0.3, 0.4) is 0 Å². The van der Waals surface area contributed by atoms with Crippen molar-refractivity contribution >= 4 is 50.9 Å². The predicted octanol–water partition coefficient (Wildman–Crippen LogP) is 2.59. The first-order valence-corrected chi connectivity index (χ1v) is 10.9. The molecule has 164 valence electrons. The third-order valence-corrected chi connectivity index (χ3v) is 6.62. The Labute approximate surface area is 193 Å². The van der Waals surface area contributed by atoms with Gasteiger partial charge in [0.15, 0.2) is 0 Å². The van der Waals surface area contributed by atoms with Crippen molar-refractivity contribution in [2.24, 2.45) is 7.05 Å². The molecule has 4 rings (SSSR count). The number of aromatic nitrogens is 3. The van der Waals surface area contributed by atoms with Crippen molar-refractivity contribution in [1.29, 1.82) is 0 Å². The van der Waals surface area contributed by atoms with E-state index < -0.39 is 11.4 Å². The van der Waals surface area contributed by atoms with Gasteiger partial charge in [0.25, 0.3) is 5.91 Å². The molecule has 0 radical (unpaired) electrons. The van der Waals surface area contributed by atoms with Crippen LogP contribution in [0, 0.1) is 9.39 Å². The lowest BCUT2D eigenvalue weighted by Gasteiger charge is -2.51. The number of carbonyl (C=O) groups excluding carboxylic acids is 1. The molecule has 1 fully saturated rings. The molecule has 2 aromatic carbocycles. The molecule has 31 heavy (non-hydrogen) atoms. The summed E-state index contributed by atoms with van der Waals surface area (Å²) in [5.41, 5.74) is 1.39. The second kappa shape index (κ2) is 7.99. The van der Waals surface area contributed by atoms with Crippen LogP contribution in [-0.2, 0) is 7.05 Å². The maximum Gasteiger partial charge on any atom is 0.256 e. The van der Waals surface area contributed by atoms with E-state index >= 15 is 0 Å². The minimum atomic E-state index is -0.965. The van der Waals surface area contributed by atoms with Crippen LogP contribution in [0.1, 0.15) is 17.3 Å². The van der Waals surface area contributed by atoms with Gasteiger partial charge < -0.3 is 20.2 Å². The normalized spacial score (nSPS) is 16.5. The van der Waals surface area contributed by atoms with Crippen LogP contribution in [0.15, 0.2) is 30.3 Å². The third-order valence-electron chi connectivity index (χ3n) is 5.95. The van der Waals surface area contributed by atoms with Crippen molar-refractivity contribution in [2.75, 3.05) is 32.5 Å². The number of carbonyl (C=O) groups is 1. The first kappa shape index (κ1) is 21.9. The maximum atomic E-state index is 14.5. The summed E-state index contributed by atoms with van der Waals surface area (Å²) < 4.78 is 16.8. The summed E-state index contributed by atoms with van der Waals surface area (Å²) in [4.78, 5) is 16.9. The lowest BCUT2D eigenvalue weighted by atomic mass is 9.85. The Morgan fingerprint density at radius 1 is 1.29 bits per heavy atom. The molecule has 0 bridgehead atoms. The van der Waals surface area contributed by atoms with Gasteiger partial charge in [-0.2, -0.15) is 0 Å². The molecule has 1 aliphatic rings. The van der Waals surface area contributed by atoms with Crippen molar-refractivity contribution in [1.82, 2.24) is 24.8 Å². The number of hydrogen-bond donors (Lipinski definition) is 2. The van der Waals surface area contributed by atoms with Crippen LogP contribution in [0.25, 0.3) is 11.0 Å². The number of aliphatic hydroxyl groups is 1. The Morgan fingerprint density at radius 3 is 2.65 bits per heavy atom. The molecule has 3 aromatic rings. The van der Waals surface area contributed by atoms with Crippen LogP contribution in [0.5, 0.6) is 0 Å². The van der Waals surface area contributed by atoms with Crippen molar-refractivity contribution in [2.45, 2.75) is 18.6 Å². The predicted molar refractivity (Wildman–Crippen MR) is 125 cm³/mol. The minimum absolute atomic E-state index is 0.0983. The number of likely N-dealkylation sites (N-methyl/N-ethyl adjacent to an activating group) is 1. The molecule has 8 nitrogen and oxygen atoms in total. The van der Waals surface area contributed by atoms with E-state index in [0.717, 1.165) is 3.57 Å². The van der Waals surface area contributed by atoms with E-state index in [9.17, 15) is 14.3 Å². The fourth-order valence-corrected chi connectivity index (χ4v) is 4.22. The maximum absolute atomic E-state index is 14.5. The number of nitrogens with one attached hydrogen (secondary N) is 1. The van der Waals surface area contributed by atoms with E-state index in [1.165, 1.54) is 6.07 Å². The van der Waals surface area contributed by atoms with E-state index in [2.05, 4.69) is 15.6 Å². The van der Waals surface area contributed by atoms with Crippen LogP contribution in [0.2, 0.25) is 0 Å². The molecule has 1 atom stereocenters. The summed E-state index contributed by atoms with van der Waals surface area (Å²) >= 11 is 2.04. The molecule has 1 unspecified atom stereocenters. The van der Waals surface area contributed by atoms with Gasteiger partial charge >= 0.3 is 0 Å². The van der Waals surface area contributed by atoms with Gasteiger partial charge in [-0.3, -0.25) is 4.79 Å². The Bertz CT molecular complexity index is 1160. The van der Waals surface area contributed by atoms with E-state index in [1.807, 2.05) is 48.5 Å². The quantitative estimate of drug-likeness (QED) is 0.486. The Morgan fingerprint density at radius 2 is 2.00 bits per heavy atom. The summed E-state index contributed by atoms with van der Waals surface area (Å²) in [6.45, 7) is 2.39. The van der Waals surface area contributed by atoms with Gasteiger partial charge in [0.2, 0.25) is 0 Å². The van der Waals surface area contributed by atoms with Crippen molar-refractivity contribution in [3.63, 3.8) is 0 Å². The van der Waals surface area contributed by atoms with Gasteiger partial charge in [-0.05, 0) is 73.9 Å². The van der Waals surface area contributed by atoms with Gasteiger partial charge in [0.1, 0.15) is 16.9 Å². The molecule has 2 N–H and O–H groups in total. The number of aryl methyl sites for hydroxylation is 1. The van der Waals surface area contributed by atoms with Crippen LogP contribution in [-0.4, -0.2) is 74.6 Å². The molecule has 10 heteroatoms. The number of β-amino-alcohol motifs (C(OH)–C–C–N with tert-alkyl or cyclic N) is 1. The van der Waals surface area contributed by atoms with E-state index in [1.54, 1.807) is 40.9 Å². The van der Waals surface area contributed by atoms with Crippen molar-refractivity contribution in [3.05, 3.63) is 45.3 Å². The molecule has 1 aliphatic heterocycles. The largest absolute Gasteiger partial charge is 0.385 e. The number of likely N-dealkylation sites (tertiary alicyclic amines) is 1. The second-order valence-electron chi connectivity index (χ2n) is 8.25. The SMILES string of the molecule is CC(N(C)C)C1(O)CN(C(=O)c2cc3c(cc2Nc2ccc(I)cc2F)nnn3C)C1. The fraction of sp³-hybridized carbons (Fsp3) is 0.381. The Hall–Kier alpha value is -2.31. The molecule has 0 aliphatic carbocycles. The van der Waals surface area contributed by atoms with Gasteiger partial charge in [-0.25, -0.2) is 9.07 Å². The highest BCUT2D eigenvalue weighted by Gasteiger charge is 2.48. The Kier molecular flexibility index (Phi) is 5.64. The number of fused-ring (bicyclic) bond motifs is 1. The minimum Gasteiger partial charge on any atom is -0.385 e. The third kappa shape index (κ3) is 3.99. The molecule has 1 saturated heterocycles. The monoisotopic (exact) mass is 538 g/mol. The fourth-order valence-electron chi connectivity index (χ4n) is 3.77. The summed E-state index contributed by atoms with van der Waals surface area (Å²) in [5.74, 6) is -0.658. The summed E-state index contributed by atoms with van der Waals surface area (Å²) in [7, 11) is 5.54. The summed E-state index contributed by atoms with van der Waals surface area (Å²) in [5, 5.41) is 22.0. The van der Waals surface area contributed by atoms with Crippen molar-refractivity contribution < 1.29 is 14.3 Å². The van der Waals surface area contributed by atoms with Crippen LogP contribution >= 0.6 is 22.6 Å². The molecular formula is C21H24FIN6O2. The number of amides is 1. The van der Waals surface area contributed by atoms with E-state index in [-0.39, 0.29) is 30.7 Å². The lowest BCUT2D eigenvalue weighted by Crippen LogP contribution is -2.70. The number of hydrogen-bond acceptors (Lipinski definition) is 6. The molecule has 0 spiro atoms. The summed E-state index contributed by atoms with van der Waals surface area (Å²) in [6.07, 6.45) is 0. The first-order valence-electron chi connectivity index (χ1n) is 9.82. The number of rotatable bonds is 5. The number of anilines is 2. The Balaban J connectivity index is 1.68. The van der Waals surface area contributed by atoms with E-state index in [0.29, 0.717) is 22.3 Å². The molecule has 2 heterocycles. The zero-order chi connectivity index (χ0) is 22.5. The van der Waals surface area contributed by atoms with Gasteiger partial charge in [0.05, 0.1) is 35.5 Å². The van der Waals surface area contributed by atoms with Crippen molar-refractivity contribution in [3.8, 4) is 0 Å². The zero-order valence-electron chi connectivity index (χ0n) is 17.7. The smallest absolute Gasteiger partial charge is 0.256 e. The standard InChI is InChI=1S/C21H24FIN6O2/c1-12(27(2)3)21(31)10-29(11-21)20(30)14-8-19-18(25-26-28(19)4)9-17(14)24-16-6-5-13(23)7-15(16)22/h5-9,12,24,31H,10-11H2,1-4H3. The van der Waals surface area contributed by atoms with Crippen LogP contribution in [0.4, 0.5) is 15.8 Å². The highest BCUT2D eigenvalue weighted by molar-refractivity contribution is 14.1. The highest BCUT2D eigenvalue weighted by Crippen LogP contribution is 2.33.